The number of halogens is 5. The molecule has 38 heavy (non-hydrogen) atoms. The number of alkyl halides is 3. The molecule has 0 bridgehead atoms. The number of rotatable bonds is 7. The first-order valence-corrected chi connectivity index (χ1v) is 11.6. The van der Waals surface area contributed by atoms with Crippen molar-refractivity contribution in [2.75, 3.05) is 18.1 Å². The van der Waals surface area contributed by atoms with Crippen molar-refractivity contribution in [2.45, 2.75) is 51.8 Å². The molecular weight excluding hydrogens is 513 g/mol. The van der Waals surface area contributed by atoms with Crippen molar-refractivity contribution >= 4 is 17.7 Å². The Bertz CT molecular complexity index is 1240. The second-order valence-electron chi connectivity index (χ2n) is 9.85. The van der Waals surface area contributed by atoms with Gasteiger partial charge in [0.1, 0.15) is 42.2 Å². The first-order valence-electron chi connectivity index (χ1n) is 11.6. The molecule has 1 aromatic heterocycles. The number of ether oxygens (including phenoxy) is 1. The molecule has 13 heteroatoms. The van der Waals surface area contributed by atoms with Gasteiger partial charge in [0.25, 0.3) is 12.3 Å². The summed E-state index contributed by atoms with van der Waals surface area (Å²) < 4.78 is 73.6. The highest BCUT2D eigenvalue weighted by Gasteiger charge is 2.46. The number of nitriles is 1. The Balaban J connectivity index is 2.34. The Morgan fingerprint density at radius 1 is 1.26 bits per heavy atom. The fourth-order valence-electron chi connectivity index (χ4n) is 4.75. The molecule has 1 aromatic carbocycles. The lowest BCUT2D eigenvalue weighted by molar-refractivity contribution is 0.0679. The van der Waals surface area contributed by atoms with Crippen LogP contribution < -0.4 is 16.0 Å². The molecule has 204 valence electrons. The molecule has 2 heterocycles. The number of nitrogens with one attached hydrogen (secondary N) is 1. The molecule has 0 spiro atoms. The number of primary amides is 1. The average Bonchev–Trinajstić information content (AvgIpc) is 3.23. The van der Waals surface area contributed by atoms with Crippen LogP contribution in [0.3, 0.4) is 0 Å². The minimum atomic E-state index is -3.22. The lowest BCUT2D eigenvalue weighted by Crippen LogP contribution is -2.48. The standard InChI is InChI=1S/C25H26F5N5O3/c1-25(2,3)21-18(38-24(32)37)4-5-35(21)20-15(23(36)34-16(9-26)22(29)30)11-33-17(10-31)19(20)12-6-13(27)8-14(28)7-12/h6-8,11,16,18,21-22H,4-5,9H2,1-3H3,(H2,32,37)(H,34,36). The molecule has 0 aliphatic carbocycles. The number of carbonyl (C=O) groups is 2. The van der Waals surface area contributed by atoms with Crippen LogP contribution in [0.5, 0.6) is 0 Å². The summed E-state index contributed by atoms with van der Waals surface area (Å²) in [5.74, 6) is -3.11. The normalized spacial score (nSPS) is 18.3. The van der Waals surface area contributed by atoms with Crippen LogP contribution in [0.15, 0.2) is 24.4 Å². The zero-order valence-corrected chi connectivity index (χ0v) is 20.8. The highest BCUT2D eigenvalue weighted by Crippen LogP contribution is 2.44. The van der Waals surface area contributed by atoms with Gasteiger partial charge >= 0.3 is 6.09 Å². The predicted molar refractivity (Wildman–Crippen MR) is 127 cm³/mol. The molecular formula is C25H26F5N5O3. The number of benzene rings is 1. The number of carbonyl (C=O) groups excluding carboxylic acids is 2. The van der Waals surface area contributed by atoms with Gasteiger partial charge in [-0.15, -0.1) is 0 Å². The van der Waals surface area contributed by atoms with Crippen LogP contribution in [-0.2, 0) is 4.74 Å². The van der Waals surface area contributed by atoms with E-state index in [-0.39, 0.29) is 41.0 Å². The van der Waals surface area contributed by atoms with Crippen molar-refractivity contribution in [3.05, 3.63) is 47.3 Å². The van der Waals surface area contributed by atoms with E-state index in [1.165, 1.54) is 0 Å². The Hall–Kier alpha value is -3.95. The molecule has 3 N–H and O–H groups in total. The molecule has 1 fully saturated rings. The number of anilines is 1. The van der Waals surface area contributed by atoms with Gasteiger partial charge in [-0.25, -0.2) is 31.7 Å². The minimum absolute atomic E-state index is 0.0681. The number of nitrogens with zero attached hydrogens (tertiary/aromatic N) is 3. The first kappa shape index (κ1) is 28.6. The van der Waals surface area contributed by atoms with Crippen LogP contribution in [0.2, 0.25) is 0 Å². The van der Waals surface area contributed by atoms with E-state index in [1.807, 2.05) is 11.4 Å². The second kappa shape index (κ2) is 11.2. The van der Waals surface area contributed by atoms with Crippen LogP contribution >= 0.6 is 0 Å². The van der Waals surface area contributed by atoms with Gasteiger partial charge in [-0.1, -0.05) is 20.8 Å². The summed E-state index contributed by atoms with van der Waals surface area (Å²) in [6, 6.07) is 1.46. The molecule has 0 radical (unpaired) electrons. The molecule has 2 aromatic rings. The summed E-state index contributed by atoms with van der Waals surface area (Å²) >= 11 is 0. The number of hydrogen-bond acceptors (Lipinski definition) is 6. The van der Waals surface area contributed by atoms with Crippen LogP contribution in [0, 0.1) is 28.4 Å². The van der Waals surface area contributed by atoms with Crippen LogP contribution in [0.4, 0.5) is 32.4 Å². The van der Waals surface area contributed by atoms with Gasteiger partial charge in [-0.2, -0.15) is 5.26 Å². The van der Waals surface area contributed by atoms with Gasteiger partial charge in [0.05, 0.1) is 17.3 Å². The molecule has 3 rings (SSSR count). The topological polar surface area (TPSA) is 121 Å². The minimum Gasteiger partial charge on any atom is -0.444 e. The number of amides is 2. The van der Waals surface area contributed by atoms with E-state index in [1.54, 1.807) is 25.7 Å². The van der Waals surface area contributed by atoms with Crippen molar-refractivity contribution in [1.82, 2.24) is 10.3 Å². The largest absolute Gasteiger partial charge is 0.444 e. The lowest BCUT2D eigenvalue weighted by atomic mass is 9.83. The summed E-state index contributed by atoms with van der Waals surface area (Å²) in [6.45, 7) is 3.96. The summed E-state index contributed by atoms with van der Waals surface area (Å²) in [7, 11) is 0. The van der Waals surface area contributed by atoms with E-state index in [4.69, 9.17) is 10.5 Å². The average molecular weight is 540 g/mol. The first-order chi connectivity index (χ1) is 17.8. The van der Waals surface area contributed by atoms with E-state index in [9.17, 15) is 36.8 Å². The Morgan fingerprint density at radius 2 is 1.89 bits per heavy atom. The Labute approximate surface area is 215 Å². The molecule has 2 amide bonds. The maximum Gasteiger partial charge on any atom is 0.404 e. The monoisotopic (exact) mass is 539 g/mol. The van der Waals surface area contributed by atoms with Crippen molar-refractivity contribution in [3.8, 4) is 17.2 Å². The van der Waals surface area contributed by atoms with Crippen LogP contribution in [-0.4, -0.2) is 54.8 Å². The third kappa shape index (κ3) is 5.95. The lowest BCUT2D eigenvalue weighted by Gasteiger charge is -2.40. The number of aromatic nitrogens is 1. The van der Waals surface area contributed by atoms with Crippen LogP contribution in [0.1, 0.15) is 43.2 Å². The van der Waals surface area contributed by atoms with Crippen molar-refractivity contribution in [3.63, 3.8) is 0 Å². The van der Waals surface area contributed by atoms with Gasteiger partial charge in [-0.05, 0) is 23.1 Å². The van der Waals surface area contributed by atoms with E-state index in [0.29, 0.717) is 6.07 Å². The number of nitrogens with two attached hydrogens (primary N) is 1. The van der Waals surface area contributed by atoms with Gasteiger partial charge in [0.2, 0.25) is 0 Å². The molecule has 8 nitrogen and oxygen atoms in total. The second-order valence-corrected chi connectivity index (χ2v) is 9.85. The third-order valence-corrected chi connectivity index (χ3v) is 6.12. The summed E-state index contributed by atoms with van der Waals surface area (Å²) in [6.07, 6.45) is -3.90. The molecule has 0 saturated carbocycles. The van der Waals surface area contributed by atoms with E-state index in [0.717, 1.165) is 18.3 Å². The molecule has 3 atom stereocenters. The third-order valence-electron chi connectivity index (χ3n) is 6.12. The van der Waals surface area contributed by atoms with Gasteiger partial charge in [-0.3, -0.25) is 4.79 Å². The zero-order valence-electron chi connectivity index (χ0n) is 20.8. The molecule has 1 aliphatic heterocycles. The Morgan fingerprint density at radius 3 is 2.39 bits per heavy atom. The Kier molecular flexibility index (Phi) is 8.44. The van der Waals surface area contributed by atoms with Gasteiger partial charge in [0, 0.05) is 30.8 Å². The number of hydrogen-bond donors (Lipinski definition) is 2. The van der Waals surface area contributed by atoms with E-state index >= 15 is 0 Å². The summed E-state index contributed by atoms with van der Waals surface area (Å²) in [5, 5.41) is 11.7. The fraction of sp³-hybridized carbons (Fsp3) is 0.440. The highest BCUT2D eigenvalue weighted by molar-refractivity contribution is 6.04. The zero-order chi connectivity index (χ0) is 28.4. The molecule has 3 unspecified atom stereocenters. The van der Waals surface area contributed by atoms with Gasteiger partial charge in [0.15, 0.2) is 0 Å². The van der Waals surface area contributed by atoms with Crippen molar-refractivity contribution in [1.29, 1.82) is 5.26 Å². The highest BCUT2D eigenvalue weighted by atomic mass is 19.3. The van der Waals surface area contributed by atoms with E-state index in [2.05, 4.69) is 4.98 Å². The molecule has 1 aliphatic rings. The smallest absolute Gasteiger partial charge is 0.404 e. The number of pyridine rings is 1. The van der Waals surface area contributed by atoms with Crippen molar-refractivity contribution < 1.29 is 36.3 Å². The maximum absolute atomic E-state index is 14.3. The summed E-state index contributed by atoms with van der Waals surface area (Å²) in [5.41, 5.74) is 3.54. The van der Waals surface area contributed by atoms with E-state index < -0.39 is 60.3 Å². The van der Waals surface area contributed by atoms with Gasteiger partial charge < -0.3 is 20.7 Å². The quantitative estimate of drug-likeness (QED) is 0.506. The van der Waals surface area contributed by atoms with Crippen LogP contribution in [0.25, 0.3) is 11.1 Å². The summed E-state index contributed by atoms with van der Waals surface area (Å²) in [4.78, 5) is 30.3. The molecule has 1 saturated heterocycles. The van der Waals surface area contributed by atoms with Crippen molar-refractivity contribution in [2.24, 2.45) is 11.1 Å². The predicted octanol–water partition coefficient (Wildman–Crippen LogP) is 4.32. The SMILES string of the molecule is CC(C)(C)C1C(OC(N)=O)CCN1c1c(C(=O)NC(CF)C(F)F)cnc(C#N)c1-c1cc(F)cc(F)c1. The fourth-order valence-corrected chi connectivity index (χ4v) is 4.75. The maximum atomic E-state index is 14.3.